The molecule has 1 atom stereocenters. The van der Waals surface area contributed by atoms with Crippen molar-refractivity contribution in [2.24, 2.45) is 0 Å². The van der Waals surface area contributed by atoms with E-state index in [1.807, 2.05) is 17.2 Å². The Kier molecular flexibility index (Phi) is 5.13. The first-order chi connectivity index (χ1) is 13.8. The summed E-state index contributed by atoms with van der Waals surface area (Å²) >= 11 is 1.71. The number of carbonyl (C=O) groups excluding carboxylic acids is 1. The maximum Gasteiger partial charge on any atom is 0.416 e. The van der Waals surface area contributed by atoms with Crippen molar-refractivity contribution in [3.05, 3.63) is 58.3 Å². The molecule has 1 aromatic carbocycles. The Morgan fingerprint density at radius 1 is 1.34 bits per heavy atom. The molecule has 0 aliphatic carbocycles. The molecule has 1 aliphatic heterocycles. The number of rotatable bonds is 4. The highest BCUT2D eigenvalue weighted by Crippen LogP contribution is 2.34. The molecule has 3 aromatic rings. The number of benzene rings is 1. The number of nitrogens with zero attached hydrogens (tertiary/aromatic N) is 4. The van der Waals surface area contributed by atoms with Gasteiger partial charge >= 0.3 is 6.18 Å². The van der Waals surface area contributed by atoms with Gasteiger partial charge in [0.25, 0.3) is 0 Å². The molecule has 0 fully saturated rings. The van der Waals surface area contributed by atoms with Crippen molar-refractivity contribution in [1.29, 1.82) is 0 Å². The Morgan fingerprint density at radius 2 is 2.17 bits per heavy atom. The summed E-state index contributed by atoms with van der Waals surface area (Å²) in [6.07, 6.45) is -1.02. The van der Waals surface area contributed by atoms with Crippen molar-refractivity contribution in [2.75, 3.05) is 18.4 Å². The Labute approximate surface area is 169 Å². The van der Waals surface area contributed by atoms with Gasteiger partial charge < -0.3 is 5.32 Å². The predicted molar refractivity (Wildman–Crippen MR) is 103 cm³/mol. The number of carbonyl (C=O) groups is 1. The number of hydrogen-bond donors (Lipinski definition) is 1. The zero-order chi connectivity index (χ0) is 20.6. The van der Waals surface area contributed by atoms with E-state index in [-0.39, 0.29) is 24.2 Å². The van der Waals surface area contributed by atoms with Gasteiger partial charge in [0.2, 0.25) is 5.91 Å². The minimum Gasteiger partial charge on any atom is -0.323 e. The molecule has 1 amide bonds. The number of thiophene rings is 1. The van der Waals surface area contributed by atoms with E-state index in [1.165, 1.54) is 33.8 Å². The van der Waals surface area contributed by atoms with Gasteiger partial charge in [0, 0.05) is 17.5 Å². The summed E-state index contributed by atoms with van der Waals surface area (Å²) in [6, 6.07) is 5.29. The van der Waals surface area contributed by atoms with E-state index in [0.29, 0.717) is 5.69 Å². The SMILES string of the molecule is C[C@@H]1c2ccsc2CCN1CC(=O)Nc1cc(C(F)(F)F)ccc1-n1cncn1. The fourth-order valence-corrected chi connectivity index (χ4v) is 4.46. The van der Waals surface area contributed by atoms with Crippen molar-refractivity contribution >= 4 is 22.9 Å². The maximum absolute atomic E-state index is 13.2. The molecule has 0 saturated carbocycles. The average Bonchev–Trinajstić information content (AvgIpc) is 3.35. The quantitative estimate of drug-likeness (QED) is 0.694. The molecule has 1 N–H and O–H groups in total. The first kappa shape index (κ1) is 19.6. The van der Waals surface area contributed by atoms with Crippen molar-refractivity contribution in [1.82, 2.24) is 19.7 Å². The van der Waals surface area contributed by atoms with Gasteiger partial charge in [0.05, 0.1) is 23.5 Å². The van der Waals surface area contributed by atoms with E-state index < -0.39 is 11.7 Å². The molecular weight excluding hydrogens is 403 g/mol. The maximum atomic E-state index is 13.2. The van der Waals surface area contributed by atoms with Crippen LogP contribution in [0.25, 0.3) is 5.69 Å². The Balaban J connectivity index is 1.56. The summed E-state index contributed by atoms with van der Waals surface area (Å²) in [6.45, 7) is 2.84. The van der Waals surface area contributed by atoms with Crippen LogP contribution in [0.15, 0.2) is 42.3 Å². The smallest absolute Gasteiger partial charge is 0.323 e. The molecule has 1 aliphatic rings. The highest BCUT2D eigenvalue weighted by molar-refractivity contribution is 7.10. The zero-order valence-corrected chi connectivity index (χ0v) is 16.3. The molecular formula is C19H18F3N5OS. The number of fused-ring (bicyclic) bond motifs is 1. The third-order valence-electron chi connectivity index (χ3n) is 5.01. The zero-order valence-electron chi connectivity index (χ0n) is 15.5. The molecule has 0 unspecified atom stereocenters. The average molecular weight is 421 g/mol. The molecule has 0 spiro atoms. The Bertz CT molecular complexity index is 1020. The number of anilines is 1. The third kappa shape index (κ3) is 4.03. The van der Waals surface area contributed by atoms with Gasteiger partial charge in [-0.3, -0.25) is 9.69 Å². The number of halogens is 3. The summed E-state index contributed by atoms with van der Waals surface area (Å²) < 4.78 is 40.8. The number of amides is 1. The Morgan fingerprint density at radius 3 is 2.90 bits per heavy atom. The van der Waals surface area contributed by atoms with Crippen molar-refractivity contribution in [3.8, 4) is 5.69 Å². The molecule has 152 valence electrons. The van der Waals surface area contributed by atoms with E-state index in [9.17, 15) is 18.0 Å². The van der Waals surface area contributed by atoms with E-state index in [1.54, 1.807) is 11.3 Å². The second kappa shape index (κ2) is 7.60. The van der Waals surface area contributed by atoms with Crippen molar-refractivity contribution in [3.63, 3.8) is 0 Å². The van der Waals surface area contributed by atoms with Crippen LogP contribution in [0.2, 0.25) is 0 Å². The summed E-state index contributed by atoms with van der Waals surface area (Å²) in [7, 11) is 0. The van der Waals surface area contributed by atoms with Crippen LogP contribution in [0.4, 0.5) is 18.9 Å². The van der Waals surface area contributed by atoms with E-state index >= 15 is 0 Å². The molecule has 0 bridgehead atoms. The largest absolute Gasteiger partial charge is 0.416 e. The van der Waals surface area contributed by atoms with Crippen LogP contribution >= 0.6 is 11.3 Å². The van der Waals surface area contributed by atoms with Gasteiger partial charge in [-0.25, -0.2) is 9.67 Å². The minimum atomic E-state index is -4.52. The second-order valence-electron chi connectivity index (χ2n) is 6.81. The first-order valence-corrected chi connectivity index (χ1v) is 9.87. The van der Waals surface area contributed by atoms with Crippen LogP contribution < -0.4 is 5.32 Å². The van der Waals surface area contributed by atoms with E-state index in [4.69, 9.17) is 0 Å². The van der Waals surface area contributed by atoms with Crippen molar-refractivity contribution < 1.29 is 18.0 Å². The third-order valence-corrected chi connectivity index (χ3v) is 6.01. The number of nitrogens with one attached hydrogen (secondary N) is 1. The van der Waals surface area contributed by atoms with Crippen molar-refractivity contribution in [2.45, 2.75) is 25.6 Å². The topological polar surface area (TPSA) is 63.1 Å². The van der Waals surface area contributed by atoms with Crippen LogP contribution in [-0.2, 0) is 17.4 Å². The van der Waals surface area contributed by atoms with Gasteiger partial charge in [-0.15, -0.1) is 11.3 Å². The number of alkyl halides is 3. The van der Waals surface area contributed by atoms with Gasteiger partial charge in [-0.1, -0.05) is 0 Å². The molecule has 3 heterocycles. The molecule has 0 radical (unpaired) electrons. The van der Waals surface area contributed by atoms with Gasteiger partial charge in [-0.05, 0) is 48.6 Å². The normalized spacial score (nSPS) is 17.2. The lowest BCUT2D eigenvalue weighted by Gasteiger charge is -2.33. The molecule has 2 aromatic heterocycles. The molecule has 0 saturated heterocycles. The Hall–Kier alpha value is -2.72. The molecule has 4 rings (SSSR count). The van der Waals surface area contributed by atoms with Crippen LogP contribution in [0.3, 0.4) is 0 Å². The summed E-state index contributed by atoms with van der Waals surface area (Å²) in [5, 5.41) is 8.63. The van der Waals surface area contributed by atoms with Gasteiger partial charge in [0.1, 0.15) is 12.7 Å². The predicted octanol–water partition coefficient (Wildman–Crippen LogP) is 3.91. The van der Waals surface area contributed by atoms with Gasteiger partial charge in [0.15, 0.2) is 0 Å². The highest BCUT2D eigenvalue weighted by atomic mass is 32.1. The minimum absolute atomic E-state index is 0.0382. The standard InChI is InChI=1S/C19H18F3N5OS/c1-12-14-5-7-29-17(14)4-6-26(12)9-18(28)25-15-8-13(19(20,21)22)2-3-16(15)27-11-23-10-24-27/h2-3,5,7-8,10-12H,4,6,9H2,1H3,(H,25,28)/t12-/m1/s1. The number of aromatic nitrogens is 3. The lowest BCUT2D eigenvalue weighted by atomic mass is 10.0. The lowest BCUT2D eigenvalue weighted by molar-refractivity contribution is -0.137. The van der Waals surface area contributed by atoms with Crippen LogP contribution in [0, 0.1) is 0 Å². The van der Waals surface area contributed by atoms with Gasteiger partial charge in [-0.2, -0.15) is 18.3 Å². The molecule has 10 heteroatoms. The van der Waals surface area contributed by atoms with Crippen LogP contribution in [0.1, 0.15) is 29.0 Å². The fourth-order valence-electron chi connectivity index (χ4n) is 3.50. The summed E-state index contributed by atoms with van der Waals surface area (Å²) in [4.78, 5) is 19.8. The lowest BCUT2D eigenvalue weighted by Crippen LogP contribution is -2.39. The monoisotopic (exact) mass is 421 g/mol. The summed E-state index contributed by atoms with van der Waals surface area (Å²) in [5.41, 5.74) is 0.717. The van der Waals surface area contributed by atoms with Crippen LogP contribution in [0.5, 0.6) is 0 Å². The second-order valence-corrected chi connectivity index (χ2v) is 7.81. The summed E-state index contributed by atoms with van der Waals surface area (Å²) in [5.74, 6) is -0.379. The fraction of sp³-hybridized carbons (Fsp3) is 0.316. The molecule has 29 heavy (non-hydrogen) atoms. The van der Waals surface area contributed by atoms with E-state index in [0.717, 1.165) is 25.1 Å². The first-order valence-electron chi connectivity index (χ1n) is 8.99. The highest BCUT2D eigenvalue weighted by Gasteiger charge is 2.32. The van der Waals surface area contributed by atoms with Crippen LogP contribution in [-0.4, -0.2) is 38.7 Å². The molecule has 6 nitrogen and oxygen atoms in total. The van der Waals surface area contributed by atoms with E-state index in [2.05, 4.69) is 21.5 Å². The number of hydrogen-bond acceptors (Lipinski definition) is 5.